The van der Waals surface area contributed by atoms with Crippen LogP contribution in [0.2, 0.25) is 0 Å². The van der Waals surface area contributed by atoms with Crippen molar-refractivity contribution in [2.45, 2.75) is 43.4 Å². The van der Waals surface area contributed by atoms with Gasteiger partial charge >= 0.3 is 0 Å². The number of hydrogen-bond acceptors (Lipinski definition) is 0. The lowest BCUT2D eigenvalue weighted by Crippen LogP contribution is -2.23. The number of benzene rings is 9. The second-order valence-electron chi connectivity index (χ2n) is 17.1. The quantitative estimate of drug-likeness (QED) is 0.156. The predicted octanol–water partition coefficient (Wildman–Crippen LogP) is 14.2. The zero-order chi connectivity index (χ0) is 37.5. The highest BCUT2D eigenvalue weighted by Gasteiger charge is 2.49. The summed E-state index contributed by atoms with van der Waals surface area (Å²) in [6.45, 7) is 2.25. The van der Waals surface area contributed by atoms with Crippen LogP contribution in [0.15, 0.2) is 176 Å². The van der Waals surface area contributed by atoms with Gasteiger partial charge in [0.1, 0.15) is 0 Å². The van der Waals surface area contributed by atoms with E-state index in [1.54, 1.807) is 0 Å². The Hall–Kier alpha value is -6.50. The Morgan fingerprint density at radius 2 is 0.754 bits per heavy atom. The number of fused-ring (bicyclic) bond motifs is 16. The average molecular weight is 725 g/mol. The van der Waals surface area contributed by atoms with Gasteiger partial charge in [-0.3, -0.25) is 0 Å². The summed E-state index contributed by atoms with van der Waals surface area (Å²) in [5.41, 5.74) is 23.6. The van der Waals surface area contributed by atoms with E-state index in [-0.39, 0.29) is 10.8 Å². The Morgan fingerprint density at radius 3 is 1.30 bits per heavy atom. The summed E-state index contributed by atoms with van der Waals surface area (Å²) >= 11 is 0. The normalized spacial score (nSPS) is 19.2. The first-order chi connectivity index (χ1) is 28.1. The van der Waals surface area contributed by atoms with Gasteiger partial charge in [0.25, 0.3) is 0 Å². The van der Waals surface area contributed by atoms with E-state index in [4.69, 9.17) is 0 Å². The molecule has 2 spiro atoms. The van der Waals surface area contributed by atoms with Crippen LogP contribution in [0.3, 0.4) is 0 Å². The molecule has 0 saturated heterocycles. The summed E-state index contributed by atoms with van der Waals surface area (Å²) in [6, 6.07) is 68.0. The molecule has 0 aromatic heterocycles. The molecule has 0 saturated carbocycles. The molecule has 13 rings (SSSR count). The van der Waals surface area contributed by atoms with Crippen molar-refractivity contribution in [3.05, 3.63) is 226 Å². The van der Waals surface area contributed by atoms with Crippen molar-refractivity contribution in [2.75, 3.05) is 0 Å². The molecular weight excluding hydrogens is 685 g/mol. The van der Waals surface area contributed by atoms with Gasteiger partial charge in [-0.25, -0.2) is 0 Å². The van der Waals surface area contributed by atoms with Crippen molar-refractivity contribution in [3.63, 3.8) is 0 Å². The lowest BCUT2D eigenvalue weighted by atomic mass is 9.72. The zero-order valence-corrected chi connectivity index (χ0v) is 32.1. The fourth-order valence-electron chi connectivity index (χ4n) is 12.3. The van der Waals surface area contributed by atoms with Crippen LogP contribution in [-0.4, -0.2) is 0 Å². The first-order valence-corrected chi connectivity index (χ1v) is 20.8. The third kappa shape index (κ3) is 3.98. The largest absolute Gasteiger partial charge is 0.0620 e. The summed E-state index contributed by atoms with van der Waals surface area (Å²) in [6.07, 6.45) is 4.42. The number of aryl methyl sites for hydroxylation is 3. The average Bonchev–Trinajstić information content (AvgIpc) is 4.00. The van der Waals surface area contributed by atoms with Crippen molar-refractivity contribution >= 4 is 21.5 Å². The van der Waals surface area contributed by atoms with E-state index in [9.17, 15) is 0 Å². The molecule has 0 fully saturated rings. The molecule has 4 aliphatic rings. The lowest BCUT2D eigenvalue weighted by Gasteiger charge is -2.29. The molecule has 268 valence electrons. The first-order valence-electron chi connectivity index (χ1n) is 20.8. The van der Waals surface area contributed by atoms with Gasteiger partial charge in [-0.15, -0.1) is 0 Å². The molecule has 2 atom stereocenters. The van der Waals surface area contributed by atoms with E-state index >= 15 is 0 Å². The van der Waals surface area contributed by atoms with E-state index in [2.05, 4.69) is 183 Å². The fourth-order valence-corrected chi connectivity index (χ4v) is 12.3. The van der Waals surface area contributed by atoms with E-state index in [1.165, 1.54) is 116 Å². The Labute approximate surface area is 334 Å². The Bertz CT molecular complexity index is 3210. The third-order valence-electron chi connectivity index (χ3n) is 14.6. The molecule has 57 heavy (non-hydrogen) atoms. The topological polar surface area (TPSA) is 0 Å². The van der Waals surface area contributed by atoms with Gasteiger partial charge in [0.05, 0.1) is 0 Å². The maximum atomic E-state index is 2.58. The molecule has 4 aliphatic carbocycles. The smallest absolute Gasteiger partial charge is 0.0469 e. The summed E-state index contributed by atoms with van der Waals surface area (Å²) in [5.74, 6) is 0. The monoisotopic (exact) mass is 724 g/mol. The van der Waals surface area contributed by atoms with Crippen molar-refractivity contribution in [2.24, 2.45) is 0 Å². The van der Waals surface area contributed by atoms with Gasteiger partial charge in [0.15, 0.2) is 0 Å². The first kappa shape index (κ1) is 31.7. The predicted molar refractivity (Wildman–Crippen MR) is 237 cm³/mol. The highest BCUT2D eigenvalue weighted by atomic mass is 14.5. The zero-order valence-electron chi connectivity index (χ0n) is 32.1. The molecule has 9 aromatic rings. The summed E-state index contributed by atoms with van der Waals surface area (Å²) in [4.78, 5) is 0. The SMILES string of the molecule is Cc1ccc2c(-c3ccc4c(c3)C3(CCc5ccccc53)c3ccccc3-4)c3ccccc3c(-c3ccc4c(c3)C3(CCc5ccccc53)c3ccccc3-4)c2c1. The maximum absolute atomic E-state index is 2.58. The van der Waals surface area contributed by atoms with Gasteiger partial charge in [0.2, 0.25) is 0 Å². The third-order valence-corrected chi connectivity index (χ3v) is 14.6. The molecule has 0 heterocycles. The van der Waals surface area contributed by atoms with Crippen molar-refractivity contribution in [1.82, 2.24) is 0 Å². The standard InChI is InChI=1S/C57H40/c1-35-22-25-46-47(32-35)55(39-24-27-43-41-15-7-11-21-51(41)57(53(43)34-39)31-29-37-13-3-9-19-49(37)57)45-17-5-4-16-44(45)54(46)38-23-26-42-40-14-6-10-20-50(40)56(52(42)33-38)30-28-36-12-2-8-18-48(36)56/h2-27,32-34H,28-31H2,1H3. The minimum absolute atomic E-state index is 0.128. The minimum Gasteiger partial charge on any atom is -0.0620 e. The molecule has 0 radical (unpaired) electrons. The van der Waals surface area contributed by atoms with Crippen LogP contribution in [-0.2, 0) is 23.7 Å². The summed E-state index contributed by atoms with van der Waals surface area (Å²) < 4.78 is 0. The number of rotatable bonds is 2. The van der Waals surface area contributed by atoms with Crippen LogP contribution in [0.25, 0.3) is 66.1 Å². The van der Waals surface area contributed by atoms with Crippen molar-refractivity contribution in [3.8, 4) is 44.5 Å². The van der Waals surface area contributed by atoms with Crippen LogP contribution >= 0.6 is 0 Å². The van der Waals surface area contributed by atoms with Gasteiger partial charge in [-0.05, 0) is 155 Å². The molecule has 2 unspecified atom stereocenters. The van der Waals surface area contributed by atoms with Crippen LogP contribution < -0.4 is 0 Å². The molecule has 0 amide bonds. The molecule has 0 bridgehead atoms. The minimum atomic E-state index is -0.128. The second-order valence-corrected chi connectivity index (χ2v) is 17.1. The molecule has 0 aliphatic heterocycles. The molecule has 0 N–H and O–H groups in total. The van der Waals surface area contributed by atoms with E-state index in [0.717, 1.165) is 25.7 Å². The Balaban J connectivity index is 1.07. The maximum Gasteiger partial charge on any atom is 0.0469 e. The van der Waals surface area contributed by atoms with Gasteiger partial charge in [-0.2, -0.15) is 0 Å². The van der Waals surface area contributed by atoms with Crippen LogP contribution in [0.5, 0.6) is 0 Å². The molecule has 0 heteroatoms. The highest BCUT2D eigenvalue weighted by molar-refractivity contribution is 6.21. The van der Waals surface area contributed by atoms with E-state index < -0.39 is 0 Å². The van der Waals surface area contributed by atoms with E-state index in [0.29, 0.717) is 0 Å². The Kier molecular flexibility index (Phi) is 6.28. The van der Waals surface area contributed by atoms with Gasteiger partial charge < -0.3 is 0 Å². The van der Waals surface area contributed by atoms with Gasteiger partial charge in [0, 0.05) is 10.8 Å². The number of hydrogen-bond donors (Lipinski definition) is 0. The van der Waals surface area contributed by atoms with Gasteiger partial charge in [-0.1, -0.05) is 169 Å². The highest BCUT2D eigenvalue weighted by Crippen LogP contribution is 2.61. The van der Waals surface area contributed by atoms with Crippen molar-refractivity contribution in [1.29, 1.82) is 0 Å². The summed E-state index contributed by atoms with van der Waals surface area (Å²) in [5, 5.41) is 5.26. The fraction of sp³-hybridized carbons (Fsp3) is 0.123. The second kappa shape index (κ2) is 11.3. The van der Waals surface area contributed by atoms with E-state index in [1.807, 2.05) is 0 Å². The van der Waals surface area contributed by atoms with Crippen molar-refractivity contribution < 1.29 is 0 Å². The summed E-state index contributed by atoms with van der Waals surface area (Å²) in [7, 11) is 0. The lowest BCUT2D eigenvalue weighted by molar-refractivity contribution is 0.626. The molecular formula is C57H40. The van der Waals surface area contributed by atoms with Crippen LogP contribution in [0.4, 0.5) is 0 Å². The van der Waals surface area contributed by atoms with Crippen LogP contribution in [0.1, 0.15) is 62.9 Å². The van der Waals surface area contributed by atoms with Crippen LogP contribution in [0, 0.1) is 6.92 Å². The molecule has 0 nitrogen and oxygen atoms in total. The Morgan fingerprint density at radius 1 is 0.333 bits per heavy atom. The molecule has 9 aromatic carbocycles.